The molecule has 1 aliphatic heterocycles. The first-order valence-electron chi connectivity index (χ1n) is 8.44. The Morgan fingerprint density at radius 3 is 2.62 bits per heavy atom. The Bertz CT molecular complexity index is 749. The van der Waals surface area contributed by atoms with E-state index in [0.717, 1.165) is 37.1 Å². The van der Waals surface area contributed by atoms with E-state index in [0.29, 0.717) is 6.54 Å². The molecule has 1 amide bonds. The number of benzene rings is 2. The van der Waals surface area contributed by atoms with Crippen molar-refractivity contribution in [1.82, 2.24) is 10.3 Å². The van der Waals surface area contributed by atoms with Crippen LogP contribution in [0.3, 0.4) is 0 Å². The van der Waals surface area contributed by atoms with E-state index in [9.17, 15) is 18.0 Å². The van der Waals surface area contributed by atoms with Gasteiger partial charge in [-0.15, -0.1) is 0 Å². The molecule has 3 rings (SSSR count). The third-order valence-electron chi connectivity index (χ3n) is 4.41. The zero-order valence-corrected chi connectivity index (χ0v) is 14.1. The largest absolute Gasteiger partial charge is 0.416 e. The van der Waals surface area contributed by atoms with Crippen LogP contribution in [0.25, 0.3) is 0 Å². The lowest BCUT2D eigenvalue weighted by Gasteiger charge is -2.24. The number of hydrazine groups is 1. The van der Waals surface area contributed by atoms with Crippen molar-refractivity contribution >= 4 is 11.6 Å². The SMILES string of the molecule is O=C(NNc1cccc(C(F)(F)F)c1)C1CCCN1Cc1ccccc1. The Labute approximate surface area is 150 Å². The third-order valence-corrected chi connectivity index (χ3v) is 4.41. The molecule has 26 heavy (non-hydrogen) atoms. The molecular weight excluding hydrogens is 343 g/mol. The number of nitrogens with one attached hydrogen (secondary N) is 2. The van der Waals surface area contributed by atoms with Gasteiger partial charge in [0.25, 0.3) is 5.91 Å². The van der Waals surface area contributed by atoms with Gasteiger partial charge in [-0.3, -0.25) is 20.5 Å². The molecule has 0 aliphatic carbocycles. The van der Waals surface area contributed by atoms with E-state index in [1.54, 1.807) is 0 Å². The van der Waals surface area contributed by atoms with Crippen molar-refractivity contribution in [2.45, 2.75) is 31.6 Å². The van der Waals surface area contributed by atoms with Gasteiger partial charge in [-0.2, -0.15) is 13.2 Å². The van der Waals surface area contributed by atoms with E-state index in [-0.39, 0.29) is 17.6 Å². The second-order valence-corrected chi connectivity index (χ2v) is 6.31. The van der Waals surface area contributed by atoms with Crippen LogP contribution in [-0.2, 0) is 17.5 Å². The number of anilines is 1. The number of hydrogen-bond donors (Lipinski definition) is 2. The number of hydrogen-bond acceptors (Lipinski definition) is 3. The second-order valence-electron chi connectivity index (χ2n) is 6.31. The Morgan fingerprint density at radius 2 is 1.88 bits per heavy atom. The molecule has 0 radical (unpaired) electrons. The molecule has 1 aliphatic rings. The fourth-order valence-electron chi connectivity index (χ4n) is 3.12. The normalized spacial score (nSPS) is 17.9. The minimum absolute atomic E-state index is 0.195. The van der Waals surface area contributed by atoms with Crippen LogP contribution in [0.1, 0.15) is 24.0 Å². The molecule has 1 saturated heterocycles. The minimum atomic E-state index is -4.42. The molecule has 138 valence electrons. The number of nitrogens with zero attached hydrogens (tertiary/aromatic N) is 1. The van der Waals surface area contributed by atoms with Gasteiger partial charge in [-0.1, -0.05) is 36.4 Å². The molecule has 1 fully saturated rings. The topological polar surface area (TPSA) is 44.4 Å². The van der Waals surface area contributed by atoms with Crippen molar-refractivity contribution in [2.75, 3.05) is 12.0 Å². The van der Waals surface area contributed by atoms with E-state index >= 15 is 0 Å². The zero-order chi connectivity index (χ0) is 18.6. The quantitative estimate of drug-likeness (QED) is 0.794. The standard InChI is InChI=1S/C19H20F3N3O/c20-19(21,22)15-8-4-9-16(12-15)23-24-18(26)17-10-5-11-25(17)13-14-6-2-1-3-7-14/h1-4,6-9,12,17,23H,5,10-11,13H2,(H,24,26). The van der Waals surface area contributed by atoms with Gasteiger partial charge in [0.2, 0.25) is 0 Å². The van der Waals surface area contributed by atoms with E-state index < -0.39 is 11.7 Å². The molecule has 7 heteroatoms. The van der Waals surface area contributed by atoms with Crippen molar-refractivity contribution < 1.29 is 18.0 Å². The predicted octanol–water partition coefficient (Wildman–Crippen LogP) is 3.81. The van der Waals surface area contributed by atoms with Gasteiger partial charge in [0.05, 0.1) is 17.3 Å². The lowest BCUT2D eigenvalue weighted by molar-refractivity contribution is -0.137. The minimum Gasteiger partial charge on any atom is -0.299 e. The van der Waals surface area contributed by atoms with Crippen molar-refractivity contribution in [2.24, 2.45) is 0 Å². The molecule has 0 aromatic heterocycles. The molecule has 0 spiro atoms. The van der Waals surface area contributed by atoms with Crippen molar-refractivity contribution in [3.8, 4) is 0 Å². The lowest BCUT2D eigenvalue weighted by atomic mass is 10.1. The second kappa shape index (κ2) is 7.78. The Balaban J connectivity index is 1.59. The maximum atomic E-state index is 12.7. The highest BCUT2D eigenvalue weighted by Gasteiger charge is 2.32. The van der Waals surface area contributed by atoms with Crippen LogP contribution in [0.5, 0.6) is 0 Å². The number of carbonyl (C=O) groups is 1. The molecule has 1 unspecified atom stereocenters. The average Bonchev–Trinajstić information content (AvgIpc) is 3.08. The molecule has 1 heterocycles. The molecule has 1 atom stereocenters. The maximum Gasteiger partial charge on any atom is 0.416 e. The Kier molecular flexibility index (Phi) is 5.46. The van der Waals surface area contributed by atoms with E-state index in [1.165, 1.54) is 12.1 Å². The summed E-state index contributed by atoms with van der Waals surface area (Å²) in [6, 6.07) is 14.3. The number of alkyl halides is 3. The van der Waals surface area contributed by atoms with Crippen LogP contribution < -0.4 is 10.9 Å². The number of halogens is 3. The molecule has 0 saturated carbocycles. The Hall–Kier alpha value is -2.54. The van der Waals surface area contributed by atoms with Crippen LogP contribution in [0.2, 0.25) is 0 Å². The zero-order valence-electron chi connectivity index (χ0n) is 14.1. The molecule has 0 bridgehead atoms. The summed E-state index contributed by atoms with van der Waals surface area (Å²) in [5, 5.41) is 0. The van der Waals surface area contributed by atoms with Gasteiger partial charge in [-0.25, -0.2) is 0 Å². The first-order valence-corrected chi connectivity index (χ1v) is 8.44. The summed E-state index contributed by atoms with van der Waals surface area (Å²) in [4.78, 5) is 14.5. The first-order chi connectivity index (χ1) is 12.4. The number of rotatable bonds is 5. The number of likely N-dealkylation sites (tertiary alicyclic amines) is 1. The summed E-state index contributed by atoms with van der Waals surface area (Å²) in [5.74, 6) is -0.240. The van der Waals surface area contributed by atoms with E-state index in [4.69, 9.17) is 0 Å². The van der Waals surface area contributed by atoms with Crippen LogP contribution in [0.15, 0.2) is 54.6 Å². The monoisotopic (exact) mass is 363 g/mol. The van der Waals surface area contributed by atoms with Gasteiger partial charge in [0.15, 0.2) is 0 Å². The van der Waals surface area contributed by atoms with Gasteiger partial charge in [-0.05, 0) is 43.1 Å². The van der Waals surface area contributed by atoms with Gasteiger partial charge >= 0.3 is 6.18 Å². The summed E-state index contributed by atoms with van der Waals surface area (Å²) >= 11 is 0. The van der Waals surface area contributed by atoms with Gasteiger partial charge in [0, 0.05) is 6.54 Å². The molecule has 2 aromatic rings. The summed E-state index contributed by atoms with van der Waals surface area (Å²) in [7, 11) is 0. The highest BCUT2D eigenvalue weighted by molar-refractivity contribution is 5.83. The van der Waals surface area contributed by atoms with Crippen molar-refractivity contribution in [3.05, 3.63) is 65.7 Å². The van der Waals surface area contributed by atoms with Gasteiger partial charge < -0.3 is 0 Å². The fraction of sp³-hybridized carbons (Fsp3) is 0.316. The average molecular weight is 363 g/mol. The summed E-state index contributed by atoms with van der Waals surface area (Å²) in [6.07, 6.45) is -2.78. The highest BCUT2D eigenvalue weighted by Crippen LogP contribution is 2.30. The smallest absolute Gasteiger partial charge is 0.299 e. The predicted molar refractivity (Wildman–Crippen MR) is 93.1 cm³/mol. The van der Waals surface area contributed by atoms with E-state index in [1.807, 2.05) is 30.3 Å². The number of carbonyl (C=O) groups excluding carboxylic acids is 1. The summed E-state index contributed by atoms with van der Waals surface area (Å²) < 4.78 is 38.2. The van der Waals surface area contributed by atoms with Crippen LogP contribution in [0, 0.1) is 0 Å². The third kappa shape index (κ3) is 4.54. The molecular formula is C19H20F3N3O. The fourth-order valence-corrected chi connectivity index (χ4v) is 3.12. The van der Waals surface area contributed by atoms with E-state index in [2.05, 4.69) is 15.8 Å². The van der Waals surface area contributed by atoms with Crippen molar-refractivity contribution in [1.29, 1.82) is 0 Å². The highest BCUT2D eigenvalue weighted by atomic mass is 19.4. The van der Waals surface area contributed by atoms with Crippen LogP contribution in [0.4, 0.5) is 18.9 Å². The van der Waals surface area contributed by atoms with Crippen LogP contribution >= 0.6 is 0 Å². The van der Waals surface area contributed by atoms with Crippen molar-refractivity contribution in [3.63, 3.8) is 0 Å². The Morgan fingerprint density at radius 1 is 1.12 bits per heavy atom. The van der Waals surface area contributed by atoms with Gasteiger partial charge in [0.1, 0.15) is 0 Å². The van der Waals surface area contributed by atoms with Crippen LogP contribution in [-0.4, -0.2) is 23.4 Å². The first kappa shape index (κ1) is 18.3. The maximum absolute atomic E-state index is 12.7. The summed E-state index contributed by atoms with van der Waals surface area (Å²) in [6.45, 7) is 1.49. The lowest BCUT2D eigenvalue weighted by Crippen LogP contribution is -2.44. The summed E-state index contributed by atoms with van der Waals surface area (Å²) in [5.41, 5.74) is 5.69. The molecule has 4 nitrogen and oxygen atoms in total. The number of amides is 1. The molecule has 2 N–H and O–H groups in total. The molecule has 2 aromatic carbocycles.